The highest BCUT2D eigenvalue weighted by molar-refractivity contribution is 9.10. The average Bonchev–Trinajstić information content (AvgIpc) is 2.68. The molecule has 0 spiro atoms. The molecule has 102 valence electrons. The van der Waals surface area contributed by atoms with E-state index in [2.05, 4.69) is 36.7 Å². The summed E-state index contributed by atoms with van der Waals surface area (Å²) in [5.41, 5.74) is 5.82. The molecule has 0 saturated carbocycles. The summed E-state index contributed by atoms with van der Waals surface area (Å²) in [7, 11) is 0. The number of hydrogen-bond acceptors (Lipinski definition) is 3. The summed E-state index contributed by atoms with van der Waals surface area (Å²) in [5.74, 6) is 0.939. The molecule has 0 amide bonds. The van der Waals surface area contributed by atoms with Crippen molar-refractivity contribution < 1.29 is 9.21 Å². The SMILES string of the molecule is CC(C)(C)C(CCN)CCC(=O)c1occc1Br. The van der Waals surface area contributed by atoms with Gasteiger partial charge >= 0.3 is 0 Å². The maximum Gasteiger partial charge on any atom is 0.199 e. The van der Waals surface area contributed by atoms with Crippen molar-refractivity contribution in [3.8, 4) is 0 Å². The van der Waals surface area contributed by atoms with E-state index in [0.717, 1.165) is 17.3 Å². The van der Waals surface area contributed by atoms with Gasteiger partial charge in [0.1, 0.15) is 0 Å². The topological polar surface area (TPSA) is 56.2 Å². The summed E-state index contributed by atoms with van der Waals surface area (Å²) >= 11 is 3.31. The molecule has 1 atom stereocenters. The van der Waals surface area contributed by atoms with Crippen LogP contribution in [0.15, 0.2) is 21.2 Å². The number of Topliss-reactive ketones (excluding diaryl/α,β-unsaturated/α-hetero) is 1. The summed E-state index contributed by atoms with van der Waals surface area (Å²) in [6.45, 7) is 7.25. The van der Waals surface area contributed by atoms with E-state index in [1.54, 1.807) is 6.07 Å². The Labute approximate surface area is 117 Å². The molecule has 1 unspecified atom stereocenters. The van der Waals surface area contributed by atoms with Crippen LogP contribution >= 0.6 is 15.9 Å². The van der Waals surface area contributed by atoms with Crippen molar-refractivity contribution in [1.82, 2.24) is 0 Å². The van der Waals surface area contributed by atoms with Gasteiger partial charge in [-0.3, -0.25) is 4.79 Å². The molecule has 1 heterocycles. The van der Waals surface area contributed by atoms with Crippen molar-refractivity contribution >= 4 is 21.7 Å². The van der Waals surface area contributed by atoms with Crippen LogP contribution in [0.2, 0.25) is 0 Å². The van der Waals surface area contributed by atoms with E-state index in [1.165, 1.54) is 6.26 Å². The molecule has 0 fully saturated rings. The zero-order valence-corrected chi connectivity index (χ0v) is 12.9. The average molecular weight is 316 g/mol. The molecule has 0 radical (unpaired) electrons. The highest BCUT2D eigenvalue weighted by Crippen LogP contribution is 2.33. The summed E-state index contributed by atoms with van der Waals surface area (Å²) < 4.78 is 5.92. The van der Waals surface area contributed by atoms with E-state index < -0.39 is 0 Å². The molecule has 0 saturated heterocycles. The lowest BCUT2D eigenvalue weighted by Gasteiger charge is -2.30. The van der Waals surface area contributed by atoms with Gasteiger partial charge in [0.15, 0.2) is 11.5 Å². The van der Waals surface area contributed by atoms with Crippen molar-refractivity contribution in [2.75, 3.05) is 6.54 Å². The lowest BCUT2D eigenvalue weighted by molar-refractivity contribution is 0.0929. The normalized spacial score (nSPS) is 13.6. The predicted molar refractivity (Wildman–Crippen MR) is 76.6 cm³/mol. The monoisotopic (exact) mass is 315 g/mol. The first-order valence-electron chi connectivity index (χ1n) is 6.32. The standard InChI is InChI=1S/C14H22BrNO2/c1-14(2,3)10(6-8-16)4-5-12(17)13-11(15)7-9-18-13/h7,9-10H,4-6,8,16H2,1-3H3. The number of nitrogens with two attached hydrogens (primary N) is 1. The van der Waals surface area contributed by atoms with Crippen molar-refractivity contribution in [3.05, 3.63) is 22.6 Å². The van der Waals surface area contributed by atoms with Gasteiger partial charge < -0.3 is 10.2 Å². The van der Waals surface area contributed by atoms with E-state index >= 15 is 0 Å². The first kappa shape index (κ1) is 15.4. The number of hydrogen-bond donors (Lipinski definition) is 1. The van der Waals surface area contributed by atoms with Gasteiger partial charge in [-0.1, -0.05) is 20.8 Å². The number of rotatable bonds is 6. The number of carbonyl (C=O) groups is 1. The Morgan fingerprint density at radius 3 is 2.56 bits per heavy atom. The molecule has 1 aromatic heterocycles. The van der Waals surface area contributed by atoms with Crippen LogP contribution in [0.25, 0.3) is 0 Å². The molecule has 0 aliphatic carbocycles. The lowest BCUT2D eigenvalue weighted by Crippen LogP contribution is -2.24. The van der Waals surface area contributed by atoms with Crippen molar-refractivity contribution in [3.63, 3.8) is 0 Å². The molecule has 4 heteroatoms. The highest BCUT2D eigenvalue weighted by Gasteiger charge is 2.25. The third-order valence-electron chi connectivity index (χ3n) is 3.33. The molecule has 0 aromatic carbocycles. The van der Waals surface area contributed by atoms with Crippen molar-refractivity contribution in [2.24, 2.45) is 17.1 Å². The zero-order valence-electron chi connectivity index (χ0n) is 11.3. The Morgan fingerprint density at radius 2 is 2.11 bits per heavy atom. The summed E-state index contributed by atoms with van der Waals surface area (Å²) in [5, 5.41) is 0. The largest absolute Gasteiger partial charge is 0.460 e. The summed E-state index contributed by atoms with van der Waals surface area (Å²) in [6.07, 6.45) is 3.84. The maximum atomic E-state index is 12.0. The summed E-state index contributed by atoms with van der Waals surface area (Å²) in [6, 6.07) is 1.74. The van der Waals surface area contributed by atoms with Crippen LogP contribution in [0.1, 0.15) is 50.6 Å². The second-order valence-corrected chi connectivity index (χ2v) is 6.55. The Hall–Kier alpha value is -0.610. The van der Waals surface area contributed by atoms with E-state index in [4.69, 9.17) is 10.2 Å². The molecule has 0 aliphatic rings. The molecule has 0 aliphatic heterocycles. The second-order valence-electron chi connectivity index (χ2n) is 5.70. The van der Waals surface area contributed by atoms with E-state index in [1.807, 2.05) is 0 Å². The second kappa shape index (κ2) is 6.53. The first-order valence-corrected chi connectivity index (χ1v) is 7.11. The Kier molecular flexibility index (Phi) is 5.60. The van der Waals surface area contributed by atoms with Crippen LogP contribution in [0.5, 0.6) is 0 Å². The molecule has 2 N–H and O–H groups in total. The van der Waals surface area contributed by atoms with Gasteiger partial charge in [-0.15, -0.1) is 0 Å². The van der Waals surface area contributed by atoms with Crippen molar-refractivity contribution in [1.29, 1.82) is 0 Å². The van der Waals surface area contributed by atoms with Gasteiger partial charge in [-0.25, -0.2) is 0 Å². The third kappa shape index (κ3) is 4.25. The number of carbonyl (C=O) groups excluding carboxylic acids is 1. The minimum Gasteiger partial charge on any atom is -0.460 e. The van der Waals surface area contributed by atoms with Crippen LogP contribution in [-0.4, -0.2) is 12.3 Å². The van der Waals surface area contributed by atoms with E-state index in [0.29, 0.717) is 24.6 Å². The lowest BCUT2D eigenvalue weighted by atomic mass is 9.76. The smallest absolute Gasteiger partial charge is 0.199 e. The van der Waals surface area contributed by atoms with Gasteiger partial charge in [0.05, 0.1) is 10.7 Å². The third-order valence-corrected chi connectivity index (χ3v) is 3.95. The van der Waals surface area contributed by atoms with Crippen LogP contribution in [0.3, 0.4) is 0 Å². The molecule has 1 aromatic rings. The predicted octanol–water partition coefficient (Wildman–Crippen LogP) is 4.02. The molecular formula is C14H22BrNO2. The van der Waals surface area contributed by atoms with Crippen LogP contribution in [-0.2, 0) is 0 Å². The first-order chi connectivity index (χ1) is 8.36. The molecule has 18 heavy (non-hydrogen) atoms. The minimum absolute atomic E-state index is 0.0538. The van der Waals surface area contributed by atoms with Crippen LogP contribution < -0.4 is 5.73 Å². The van der Waals surface area contributed by atoms with Crippen LogP contribution in [0, 0.1) is 11.3 Å². The molecule has 0 bridgehead atoms. The quantitative estimate of drug-likeness (QED) is 0.807. The fourth-order valence-electron chi connectivity index (χ4n) is 2.12. The fourth-order valence-corrected chi connectivity index (χ4v) is 2.55. The number of halogens is 1. The van der Waals surface area contributed by atoms with Gasteiger partial charge in [-0.2, -0.15) is 0 Å². The number of furan rings is 1. The maximum absolute atomic E-state index is 12.0. The highest BCUT2D eigenvalue weighted by atomic mass is 79.9. The van der Waals surface area contributed by atoms with E-state index in [-0.39, 0.29) is 11.2 Å². The zero-order chi connectivity index (χ0) is 13.8. The summed E-state index contributed by atoms with van der Waals surface area (Å²) in [4.78, 5) is 12.0. The molecular weight excluding hydrogens is 294 g/mol. The van der Waals surface area contributed by atoms with E-state index in [9.17, 15) is 4.79 Å². The van der Waals surface area contributed by atoms with Crippen LogP contribution in [0.4, 0.5) is 0 Å². The fraction of sp³-hybridized carbons (Fsp3) is 0.643. The van der Waals surface area contributed by atoms with Gasteiger partial charge in [0, 0.05) is 6.42 Å². The van der Waals surface area contributed by atoms with Crippen molar-refractivity contribution in [2.45, 2.75) is 40.0 Å². The molecule has 3 nitrogen and oxygen atoms in total. The Morgan fingerprint density at radius 1 is 1.44 bits per heavy atom. The Balaban J connectivity index is 2.58. The minimum atomic E-state index is 0.0538. The number of ketones is 1. The Bertz CT molecular complexity index is 393. The van der Waals surface area contributed by atoms with Gasteiger partial charge in [-0.05, 0) is 52.7 Å². The molecule has 1 rings (SSSR count). The van der Waals surface area contributed by atoms with Gasteiger partial charge in [0.2, 0.25) is 0 Å². The van der Waals surface area contributed by atoms with Gasteiger partial charge in [0.25, 0.3) is 0 Å².